The van der Waals surface area contributed by atoms with Crippen LogP contribution in [0.1, 0.15) is 62.5 Å². The molecule has 4 atom stereocenters. The molecule has 1 aromatic rings. The van der Waals surface area contributed by atoms with Crippen LogP contribution in [0.2, 0.25) is 0 Å². The van der Waals surface area contributed by atoms with Gasteiger partial charge in [-0.05, 0) is 31.7 Å². The van der Waals surface area contributed by atoms with Crippen molar-refractivity contribution in [3.8, 4) is 11.8 Å². The molecule has 0 bridgehead atoms. The van der Waals surface area contributed by atoms with Gasteiger partial charge in [0.15, 0.2) is 0 Å². The van der Waals surface area contributed by atoms with Crippen LogP contribution in [-0.2, 0) is 17.6 Å². The van der Waals surface area contributed by atoms with Gasteiger partial charge in [-0.2, -0.15) is 0 Å². The minimum atomic E-state index is -0.780. The van der Waals surface area contributed by atoms with Gasteiger partial charge in [-0.1, -0.05) is 19.1 Å². The van der Waals surface area contributed by atoms with Crippen molar-refractivity contribution < 1.29 is 24.5 Å². The van der Waals surface area contributed by atoms with Crippen LogP contribution in [0.3, 0.4) is 0 Å². The van der Waals surface area contributed by atoms with E-state index in [2.05, 4.69) is 11.8 Å². The van der Waals surface area contributed by atoms with Crippen LogP contribution in [0.25, 0.3) is 0 Å². The van der Waals surface area contributed by atoms with E-state index in [9.17, 15) is 15.0 Å². The maximum atomic E-state index is 10.5. The summed E-state index contributed by atoms with van der Waals surface area (Å²) in [6.07, 6.45) is 5.80. The molecule has 0 fully saturated rings. The molecule has 0 aromatic carbocycles. The van der Waals surface area contributed by atoms with Gasteiger partial charge in [-0.25, -0.2) is 0 Å². The van der Waals surface area contributed by atoms with Crippen LogP contribution in [0.5, 0.6) is 0 Å². The van der Waals surface area contributed by atoms with Crippen LogP contribution in [0, 0.1) is 17.8 Å². The van der Waals surface area contributed by atoms with Crippen molar-refractivity contribution in [2.75, 3.05) is 0 Å². The Morgan fingerprint density at radius 1 is 1.44 bits per heavy atom. The molecule has 0 saturated heterocycles. The van der Waals surface area contributed by atoms with E-state index in [0.717, 1.165) is 23.5 Å². The molecule has 1 aromatic heterocycles. The van der Waals surface area contributed by atoms with Gasteiger partial charge in [0, 0.05) is 37.2 Å². The number of aliphatic carboxylic acids is 1. The minimum absolute atomic E-state index is 0. The van der Waals surface area contributed by atoms with E-state index in [-0.39, 0.29) is 69.6 Å². The number of aryl methyl sites for hydroxylation is 1. The number of furan rings is 1. The number of hydrogen-bond acceptors (Lipinski definition) is 4. The molecule has 0 spiro atoms. The average Bonchev–Trinajstić information content (AvgIpc) is 3.10. The first-order valence-electron chi connectivity index (χ1n) is 9.19. The zero-order valence-electron chi connectivity index (χ0n) is 15.4. The normalized spacial score (nSPS) is 20.4. The molecule has 144 valence electrons. The van der Waals surface area contributed by atoms with Gasteiger partial charge >= 0.3 is 57.4 Å². The number of aliphatic hydroxyl groups is 2. The predicted octanol–water partition coefficient (Wildman–Crippen LogP) is 2.40. The summed E-state index contributed by atoms with van der Waals surface area (Å²) < 4.78 is 5.82. The Morgan fingerprint density at radius 2 is 2.19 bits per heavy atom. The zero-order valence-corrected chi connectivity index (χ0v) is 15.4. The third-order valence-corrected chi connectivity index (χ3v) is 4.82. The van der Waals surface area contributed by atoms with Crippen LogP contribution >= 0.6 is 0 Å². The molecule has 1 heterocycles. The van der Waals surface area contributed by atoms with Crippen LogP contribution in [0.15, 0.2) is 22.6 Å². The van der Waals surface area contributed by atoms with Gasteiger partial charge in [0.05, 0.1) is 12.2 Å². The fraction of sp³-hybridized carbons (Fsp3) is 0.571. The predicted molar refractivity (Wildman–Crippen MR) is 106 cm³/mol. The van der Waals surface area contributed by atoms with Crippen LogP contribution in [-0.4, -0.2) is 84.9 Å². The van der Waals surface area contributed by atoms with Gasteiger partial charge in [0.25, 0.3) is 0 Å². The Labute approximate surface area is 203 Å². The van der Waals surface area contributed by atoms with Gasteiger partial charge < -0.3 is 19.7 Å². The standard InChI is InChI=1S/C21H28O5.K.H/c1-3-4-7-14(2)18(22)11-10-16-17-12-15(8-5-6-9-21(24)25)26-20(17)13-19(16)23;;/h10-12,14,16,18-19,22-23H,5-9,13H2,1-2H3,(H,24,25);;/t14-,16+,18+,19+;;/m0../s1. The SMILES string of the molecule is CC#CC[C@H](C)[C@H](O)C=C[C@@H]1c2cc(CCCCC(=O)O)oc2C[C@H]1O.[KH]. The van der Waals surface area contributed by atoms with E-state index in [1.54, 1.807) is 13.0 Å². The van der Waals surface area contributed by atoms with Gasteiger partial charge in [0.1, 0.15) is 11.5 Å². The van der Waals surface area contributed by atoms with E-state index in [1.807, 2.05) is 19.1 Å². The number of fused-ring (bicyclic) bond motifs is 1. The summed E-state index contributed by atoms with van der Waals surface area (Å²) in [5, 5.41) is 29.2. The quantitative estimate of drug-likeness (QED) is 0.256. The van der Waals surface area contributed by atoms with Crippen molar-refractivity contribution in [2.45, 2.75) is 70.5 Å². The number of unbranched alkanes of at least 4 members (excludes halogenated alkanes) is 1. The molecule has 1 aliphatic carbocycles. The third-order valence-electron chi connectivity index (χ3n) is 4.82. The van der Waals surface area contributed by atoms with E-state index < -0.39 is 18.2 Å². The number of carboxylic acids is 1. The molecule has 3 N–H and O–H groups in total. The molecule has 0 unspecified atom stereocenters. The summed E-state index contributed by atoms with van der Waals surface area (Å²) in [6, 6.07) is 1.96. The van der Waals surface area contributed by atoms with Crippen molar-refractivity contribution in [1.29, 1.82) is 0 Å². The van der Waals surface area contributed by atoms with E-state index in [4.69, 9.17) is 9.52 Å². The Kier molecular flexibility index (Phi) is 11.2. The van der Waals surface area contributed by atoms with Gasteiger partial charge in [-0.15, -0.1) is 11.8 Å². The van der Waals surface area contributed by atoms with Crippen molar-refractivity contribution in [1.82, 2.24) is 0 Å². The number of hydrogen-bond donors (Lipinski definition) is 3. The average molecular weight is 401 g/mol. The van der Waals surface area contributed by atoms with Gasteiger partial charge in [0.2, 0.25) is 0 Å². The maximum absolute atomic E-state index is 10.5. The summed E-state index contributed by atoms with van der Waals surface area (Å²) in [4.78, 5) is 10.5. The fourth-order valence-electron chi connectivity index (χ4n) is 3.20. The number of carboxylic acid groups (broad SMARTS) is 1. The molecule has 6 heteroatoms. The second-order valence-electron chi connectivity index (χ2n) is 6.97. The Morgan fingerprint density at radius 3 is 2.85 bits per heavy atom. The first-order chi connectivity index (χ1) is 12.4. The number of rotatable bonds is 9. The second-order valence-corrected chi connectivity index (χ2v) is 6.97. The fourth-order valence-corrected chi connectivity index (χ4v) is 3.20. The molecule has 5 nitrogen and oxygen atoms in total. The summed E-state index contributed by atoms with van der Waals surface area (Å²) in [7, 11) is 0. The second kappa shape index (κ2) is 12.2. The summed E-state index contributed by atoms with van der Waals surface area (Å²) in [5.74, 6) is 6.50. The number of carbonyl (C=O) groups is 1. The van der Waals surface area contributed by atoms with Crippen molar-refractivity contribution in [3.05, 3.63) is 35.3 Å². The van der Waals surface area contributed by atoms with E-state index >= 15 is 0 Å². The molecule has 1 aliphatic rings. The molecular weight excluding hydrogens is 371 g/mol. The molecular formula is C21H29KO5. The van der Waals surface area contributed by atoms with E-state index in [1.165, 1.54) is 0 Å². The Bertz CT molecular complexity index is 697. The van der Waals surface area contributed by atoms with Crippen LogP contribution in [0.4, 0.5) is 0 Å². The molecule has 0 amide bonds. The zero-order chi connectivity index (χ0) is 19.1. The molecule has 0 radical (unpaired) electrons. The molecule has 27 heavy (non-hydrogen) atoms. The first-order valence-corrected chi connectivity index (χ1v) is 9.19. The molecule has 2 rings (SSSR count). The van der Waals surface area contributed by atoms with Crippen LogP contribution < -0.4 is 0 Å². The first kappa shape index (κ1) is 24.6. The Balaban J connectivity index is 0.00000364. The van der Waals surface area contributed by atoms with Crippen molar-refractivity contribution in [2.24, 2.45) is 5.92 Å². The summed E-state index contributed by atoms with van der Waals surface area (Å²) in [6.45, 7) is 3.73. The molecule has 0 aliphatic heterocycles. The van der Waals surface area contributed by atoms with Crippen molar-refractivity contribution in [3.63, 3.8) is 0 Å². The summed E-state index contributed by atoms with van der Waals surface area (Å²) >= 11 is 0. The number of aliphatic hydroxyl groups excluding tert-OH is 2. The summed E-state index contributed by atoms with van der Waals surface area (Å²) in [5.41, 5.74) is 0.968. The third kappa shape index (κ3) is 7.50. The van der Waals surface area contributed by atoms with E-state index in [0.29, 0.717) is 25.7 Å². The molecule has 0 saturated carbocycles. The topological polar surface area (TPSA) is 90.9 Å². The Hall–Kier alpha value is -0.394. The van der Waals surface area contributed by atoms with Gasteiger partial charge in [-0.3, -0.25) is 4.79 Å². The van der Waals surface area contributed by atoms with Crippen molar-refractivity contribution >= 4 is 57.4 Å². The monoisotopic (exact) mass is 400 g/mol.